The summed E-state index contributed by atoms with van der Waals surface area (Å²) in [5, 5.41) is 18.5. The zero-order valence-electron chi connectivity index (χ0n) is 9.45. The molecule has 0 saturated carbocycles. The third kappa shape index (κ3) is 1.64. The molecule has 1 aliphatic heterocycles. The smallest absolute Gasteiger partial charge is 0.178 e. The highest BCUT2D eigenvalue weighted by molar-refractivity contribution is 5.27. The summed E-state index contributed by atoms with van der Waals surface area (Å²) < 4.78 is 5.60. The molecule has 0 radical (unpaired) electrons. The Hall–Kier alpha value is -1.32. The van der Waals surface area contributed by atoms with E-state index in [0.29, 0.717) is 6.61 Å². The van der Waals surface area contributed by atoms with Gasteiger partial charge in [0.2, 0.25) is 0 Å². The standard InChI is InChI=1S/C12H16N2O/c1-5-9-6-15-10(11(2,3)4)12(9,7-13)8-14/h5,9-10H,1,6H2,2-4H3. The number of nitriles is 2. The van der Waals surface area contributed by atoms with Gasteiger partial charge in [0.15, 0.2) is 5.41 Å². The first-order valence-electron chi connectivity index (χ1n) is 4.99. The number of hydrogen-bond acceptors (Lipinski definition) is 3. The highest BCUT2D eigenvalue weighted by Gasteiger charge is 2.56. The molecule has 1 fully saturated rings. The van der Waals surface area contributed by atoms with Crippen LogP contribution < -0.4 is 0 Å². The van der Waals surface area contributed by atoms with Gasteiger partial charge in [0.1, 0.15) is 0 Å². The molecule has 15 heavy (non-hydrogen) atoms. The maximum absolute atomic E-state index is 9.25. The number of hydrogen-bond donors (Lipinski definition) is 0. The number of rotatable bonds is 1. The van der Waals surface area contributed by atoms with Gasteiger partial charge in [0, 0.05) is 5.92 Å². The summed E-state index contributed by atoms with van der Waals surface area (Å²) in [5.41, 5.74) is -1.30. The Morgan fingerprint density at radius 1 is 1.40 bits per heavy atom. The monoisotopic (exact) mass is 204 g/mol. The Balaban J connectivity index is 3.20. The third-order valence-electron chi connectivity index (χ3n) is 2.88. The van der Waals surface area contributed by atoms with Crippen LogP contribution in [0.1, 0.15) is 20.8 Å². The van der Waals surface area contributed by atoms with E-state index in [4.69, 9.17) is 4.74 Å². The van der Waals surface area contributed by atoms with Crippen molar-refractivity contribution in [1.29, 1.82) is 10.5 Å². The lowest BCUT2D eigenvalue weighted by molar-refractivity contribution is 0.00235. The van der Waals surface area contributed by atoms with E-state index in [0.717, 1.165) is 0 Å². The summed E-state index contributed by atoms with van der Waals surface area (Å²) in [6.07, 6.45) is 1.29. The molecule has 1 saturated heterocycles. The third-order valence-corrected chi connectivity index (χ3v) is 2.88. The van der Waals surface area contributed by atoms with Crippen LogP contribution in [0.3, 0.4) is 0 Å². The zero-order valence-corrected chi connectivity index (χ0v) is 9.45. The fourth-order valence-corrected chi connectivity index (χ4v) is 2.15. The van der Waals surface area contributed by atoms with Crippen molar-refractivity contribution in [2.45, 2.75) is 26.9 Å². The molecule has 1 rings (SSSR count). The lowest BCUT2D eigenvalue weighted by Gasteiger charge is -2.33. The van der Waals surface area contributed by atoms with Gasteiger partial charge in [0.05, 0.1) is 24.8 Å². The van der Waals surface area contributed by atoms with E-state index in [9.17, 15) is 10.5 Å². The van der Waals surface area contributed by atoms with E-state index in [1.165, 1.54) is 0 Å². The first kappa shape index (κ1) is 11.8. The zero-order chi connectivity index (χ0) is 11.7. The van der Waals surface area contributed by atoms with E-state index >= 15 is 0 Å². The van der Waals surface area contributed by atoms with E-state index in [2.05, 4.69) is 18.7 Å². The maximum atomic E-state index is 9.25. The molecule has 2 atom stereocenters. The maximum Gasteiger partial charge on any atom is 0.178 e. The Bertz CT molecular complexity index is 326. The molecule has 1 heterocycles. The van der Waals surface area contributed by atoms with Crippen LogP contribution in [0.4, 0.5) is 0 Å². The number of ether oxygens (including phenoxy) is 1. The van der Waals surface area contributed by atoms with Gasteiger partial charge in [-0.05, 0) is 5.41 Å². The highest BCUT2D eigenvalue weighted by atomic mass is 16.5. The second-order valence-corrected chi connectivity index (χ2v) is 5.01. The van der Waals surface area contributed by atoms with Crippen molar-refractivity contribution < 1.29 is 4.74 Å². The SMILES string of the molecule is C=CC1COC(C(C)(C)C)C1(C#N)C#N. The lowest BCUT2D eigenvalue weighted by Crippen LogP contribution is -2.41. The molecular formula is C12H16N2O. The molecule has 3 heteroatoms. The molecule has 0 spiro atoms. The Kier molecular flexibility index (Phi) is 2.88. The summed E-state index contributed by atoms with van der Waals surface area (Å²) in [4.78, 5) is 0. The molecule has 0 aliphatic carbocycles. The molecule has 0 bridgehead atoms. The second kappa shape index (κ2) is 3.68. The minimum absolute atomic E-state index is 0.197. The van der Waals surface area contributed by atoms with Crippen molar-refractivity contribution in [2.75, 3.05) is 6.61 Å². The predicted molar refractivity (Wildman–Crippen MR) is 56.5 cm³/mol. The van der Waals surface area contributed by atoms with Crippen LogP contribution in [-0.4, -0.2) is 12.7 Å². The fraction of sp³-hybridized carbons (Fsp3) is 0.667. The van der Waals surface area contributed by atoms with Crippen molar-refractivity contribution in [3.63, 3.8) is 0 Å². The molecular weight excluding hydrogens is 188 g/mol. The van der Waals surface area contributed by atoms with Gasteiger partial charge in [-0.15, -0.1) is 6.58 Å². The first-order valence-corrected chi connectivity index (χ1v) is 4.99. The molecule has 3 nitrogen and oxygen atoms in total. The summed E-state index contributed by atoms with van der Waals surface area (Å²) >= 11 is 0. The topological polar surface area (TPSA) is 56.8 Å². The quantitative estimate of drug-likeness (QED) is 0.615. The van der Waals surface area contributed by atoms with Crippen LogP contribution in [0.2, 0.25) is 0 Å². The van der Waals surface area contributed by atoms with Crippen LogP contribution >= 0.6 is 0 Å². The van der Waals surface area contributed by atoms with Crippen molar-refractivity contribution in [2.24, 2.45) is 16.7 Å². The average molecular weight is 204 g/mol. The second-order valence-electron chi connectivity index (χ2n) is 5.01. The Labute approximate surface area is 91.0 Å². The van der Waals surface area contributed by atoms with Gasteiger partial charge in [-0.2, -0.15) is 10.5 Å². The largest absolute Gasteiger partial charge is 0.374 e. The van der Waals surface area contributed by atoms with Crippen LogP contribution in [0, 0.1) is 39.4 Å². The van der Waals surface area contributed by atoms with Crippen molar-refractivity contribution in [1.82, 2.24) is 0 Å². The van der Waals surface area contributed by atoms with Gasteiger partial charge in [-0.3, -0.25) is 0 Å². The van der Waals surface area contributed by atoms with Crippen molar-refractivity contribution >= 4 is 0 Å². The predicted octanol–water partition coefficient (Wildman–Crippen LogP) is 2.27. The van der Waals surface area contributed by atoms with Crippen LogP contribution in [0.15, 0.2) is 12.7 Å². The Morgan fingerprint density at radius 2 is 1.93 bits per heavy atom. The van der Waals surface area contributed by atoms with E-state index in [1.54, 1.807) is 6.08 Å². The van der Waals surface area contributed by atoms with Gasteiger partial charge in [-0.25, -0.2) is 0 Å². The van der Waals surface area contributed by atoms with E-state index in [1.807, 2.05) is 20.8 Å². The normalized spacial score (nSPS) is 29.1. The minimum atomic E-state index is -1.08. The van der Waals surface area contributed by atoms with Gasteiger partial charge < -0.3 is 4.74 Å². The molecule has 0 amide bonds. The lowest BCUT2D eigenvalue weighted by atomic mass is 9.68. The summed E-state index contributed by atoms with van der Waals surface area (Å²) in [6.45, 7) is 10.0. The molecule has 2 unspecified atom stereocenters. The summed E-state index contributed by atoms with van der Waals surface area (Å²) in [7, 11) is 0. The molecule has 0 aromatic carbocycles. The highest BCUT2D eigenvalue weighted by Crippen LogP contribution is 2.46. The Morgan fingerprint density at radius 3 is 2.27 bits per heavy atom. The van der Waals surface area contributed by atoms with Gasteiger partial charge in [-0.1, -0.05) is 26.8 Å². The van der Waals surface area contributed by atoms with Crippen molar-refractivity contribution in [3.05, 3.63) is 12.7 Å². The van der Waals surface area contributed by atoms with Crippen molar-refractivity contribution in [3.8, 4) is 12.1 Å². The summed E-state index contributed by atoms with van der Waals surface area (Å²) in [5.74, 6) is -0.197. The molecule has 1 aliphatic rings. The fourth-order valence-electron chi connectivity index (χ4n) is 2.15. The van der Waals surface area contributed by atoms with E-state index < -0.39 is 5.41 Å². The van der Waals surface area contributed by atoms with Crippen LogP contribution in [0.25, 0.3) is 0 Å². The van der Waals surface area contributed by atoms with Crippen LogP contribution in [-0.2, 0) is 4.74 Å². The number of nitrogens with zero attached hydrogens (tertiary/aromatic N) is 2. The summed E-state index contributed by atoms with van der Waals surface area (Å²) in [6, 6.07) is 4.25. The first-order chi connectivity index (χ1) is 6.92. The minimum Gasteiger partial charge on any atom is -0.374 e. The molecule has 0 aromatic heterocycles. The van der Waals surface area contributed by atoms with E-state index in [-0.39, 0.29) is 17.4 Å². The average Bonchev–Trinajstić information content (AvgIpc) is 2.55. The van der Waals surface area contributed by atoms with Crippen LogP contribution in [0.5, 0.6) is 0 Å². The molecule has 0 aromatic rings. The molecule has 80 valence electrons. The van der Waals surface area contributed by atoms with Gasteiger partial charge >= 0.3 is 0 Å². The van der Waals surface area contributed by atoms with Gasteiger partial charge in [0.25, 0.3) is 0 Å². The molecule has 0 N–H and O–H groups in total.